The predicted molar refractivity (Wildman–Crippen MR) is 84.6 cm³/mol. The zero-order valence-corrected chi connectivity index (χ0v) is 13.4. The molecule has 0 bridgehead atoms. The zero-order chi connectivity index (χ0) is 16.0. The van der Waals surface area contributed by atoms with Gasteiger partial charge >= 0.3 is 0 Å². The molecule has 0 saturated carbocycles. The Kier molecular flexibility index (Phi) is 5.41. The quantitative estimate of drug-likeness (QED) is 0.851. The van der Waals surface area contributed by atoms with Crippen LogP contribution >= 0.6 is 0 Å². The molecule has 0 aliphatic carbocycles. The first-order valence-corrected chi connectivity index (χ1v) is 8.39. The standard InChI is InChI=1S/C16H19NO4S/c1-3-21-16-11-13(9-10-15(16)20-2)12-17-22(18,19)14-7-5-4-6-8-14/h4-11,17H,3,12H2,1-2H3. The van der Waals surface area contributed by atoms with Crippen molar-refractivity contribution in [1.29, 1.82) is 0 Å². The van der Waals surface area contributed by atoms with E-state index in [0.717, 1.165) is 5.56 Å². The number of nitrogens with one attached hydrogen (secondary N) is 1. The largest absolute Gasteiger partial charge is 0.493 e. The van der Waals surface area contributed by atoms with Gasteiger partial charge in [0.05, 0.1) is 18.6 Å². The van der Waals surface area contributed by atoms with Crippen LogP contribution in [0.4, 0.5) is 0 Å². The Morgan fingerprint density at radius 1 is 1.05 bits per heavy atom. The minimum absolute atomic E-state index is 0.182. The second-order valence-electron chi connectivity index (χ2n) is 4.56. The van der Waals surface area contributed by atoms with Gasteiger partial charge in [-0.2, -0.15) is 0 Å². The van der Waals surface area contributed by atoms with Gasteiger partial charge in [-0.15, -0.1) is 0 Å². The summed E-state index contributed by atoms with van der Waals surface area (Å²) in [7, 11) is -1.96. The average Bonchev–Trinajstić information content (AvgIpc) is 2.54. The van der Waals surface area contributed by atoms with Crippen molar-refractivity contribution in [1.82, 2.24) is 4.72 Å². The second kappa shape index (κ2) is 7.29. The summed E-state index contributed by atoms with van der Waals surface area (Å²) in [5, 5.41) is 0. The Morgan fingerprint density at radius 2 is 1.77 bits per heavy atom. The summed E-state index contributed by atoms with van der Waals surface area (Å²) in [6.07, 6.45) is 0. The van der Waals surface area contributed by atoms with E-state index in [-0.39, 0.29) is 11.4 Å². The molecule has 1 N–H and O–H groups in total. The van der Waals surface area contributed by atoms with Gasteiger partial charge in [0.25, 0.3) is 0 Å². The van der Waals surface area contributed by atoms with Gasteiger partial charge in [-0.3, -0.25) is 0 Å². The van der Waals surface area contributed by atoms with E-state index >= 15 is 0 Å². The number of hydrogen-bond donors (Lipinski definition) is 1. The number of sulfonamides is 1. The van der Waals surface area contributed by atoms with Crippen molar-refractivity contribution in [3.05, 3.63) is 54.1 Å². The first kappa shape index (κ1) is 16.3. The van der Waals surface area contributed by atoms with Crippen LogP contribution in [0.1, 0.15) is 12.5 Å². The molecule has 0 unspecified atom stereocenters. The van der Waals surface area contributed by atoms with E-state index in [4.69, 9.17) is 9.47 Å². The Hall–Kier alpha value is -2.05. The lowest BCUT2D eigenvalue weighted by Gasteiger charge is -2.12. The Bertz CT molecular complexity index is 714. The van der Waals surface area contributed by atoms with E-state index < -0.39 is 10.0 Å². The summed E-state index contributed by atoms with van der Waals surface area (Å²) in [5.41, 5.74) is 0.795. The number of methoxy groups -OCH3 is 1. The van der Waals surface area contributed by atoms with Crippen LogP contribution in [0, 0.1) is 0 Å². The highest BCUT2D eigenvalue weighted by atomic mass is 32.2. The van der Waals surface area contributed by atoms with Crippen molar-refractivity contribution in [2.75, 3.05) is 13.7 Å². The minimum Gasteiger partial charge on any atom is -0.493 e. The minimum atomic E-state index is -3.52. The maximum Gasteiger partial charge on any atom is 0.240 e. The highest BCUT2D eigenvalue weighted by Crippen LogP contribution is 2.28. The van der Waals surface area contributed by atoms with Crippen molar-refractivity contribution in [2.24, 2.45) is 0 Å². The number of rotatable bonds is 7. The van der Waals surface area contributed by atoms with E-state index in [1.165, 1.54) is 0 Å². The molecule has 0 atom stereocenters. The van der Waals surface area contributed by atoms with E-state index in [9.17, 15) is 8.42 Å². The summed E-state index contributed by atoms with van der Waals surface area (Å²) in [5.74, 6) is 1.22. The molecule has 0 amide bonds. The predicted octanol–water partition coefficient (Wildman–Crippen LogP) is 2.57. The summed E-state index contributed by atoms with van der Waals surface area (Å²) < 4.78 is 37.6. The van der Waals surface area contributed by atoms with Gasteiger partial charge in [-0.05, 0) is 36.8 Å². The summed E-state index contributed by atoms with van der Waals surface area (Å²) in [6, 6.07) is 13.6. The Morgan fingerprint density at radius 3 is 2.41 bits per heavy atom. The van der Waals surface area contributed by atoms with Gasteiger partial charge in [-0.25, -0.2) is 13.1 Å². The fraction of sp³-hybridized carbons (Fsp3) is 0.250. The van der Waals surface area contributed by atoms with Crippen LogP contribution in [-0.2, 0) is 16.6 Å². The van der Waals surface area contributed by atoms with Gasteiger partial charge < -0.3 is 9.47 Å². The molecule has 0 heterocycles. The van der Waals surface area contributed by atoms with Crippen LogP contribution in [0.5, 0.6) is 11.5 Å². The highest BCUT2D eigenvalue weighted by molar-refractivity contribution is 7.89. The Balaban J connectivity index is 2.13. The third-order valence-corrected chi connectivity index (χ3v) is 4.46. The lowest BCUT2D eigenvalue weighted by molar-refractivity contribution is 0.310. The van der Waals surface area contributed by atoms with Crippen molar-refractivity contribution >= 4 is 10.0 Å². The maximum atomic E-state index is 12.2. The van der Waals surface area contributed by atoms with E-state index in [1.807, 2.05) is 6.92 Å². The number of ether oxygens (including phenoxy) is 2. The number of hydrogen-bond acceptors (Lipinski definition) is 4. The molecule has 0 saturated heterocycles. The number of benzene rings is 2. The van der Waals surface area contributed by atoms with Crippen molar-refractivity contribution in [3.8, 4) is 11.5 Å². The van der Waals surface area contributed by atoms with Crippen molar-refractivity contribution in [3.63, 3.8) is 0 Å². The maximum absolute atomic E-state index is 12.2. The molecule has 2 rings (SSSR count). The molecule has 0 radical (unpaired) electrons. The molecule has 0 aromatic heterocycles. The summed E-state index contributed by atoms with van der Waals surface area (Å²) in [4.78, 5) is 0.244. The molecule has 118 valence electrons. The fourth-order valence-electron chi connectivity index (χ4n) is 1.96. The summed E-state index contributed by atoms with van der Waals surface area (Å²) >= 11 is 0. The zero-order valence-electron chi connectivity index (χ0n) is 12.6. The monoisotopic (exact) mass is 321 g/mol. The Labute approximate surface area is 130 Å². The van der Waals surface area contributed by atoms with Gasteiger partial charge in [0.1, 0.15) is 0 Å². The van der Waals surface area contributed by atoms with Gasteiger partial charge in [0, 0.05) is 6.54 Å². The molecule has 0 aliphatic heterocycles. The van der Waals surface area contributed by atoms with Crippen LogP contribution in [0.25, 0.3) is 0 Å². The van der Waals surface area contributed by atoms with Gasteiger partial charge in [0.2, 0.25) is 10.0 Å². The molecule has 6 heteroatoms. The van der Waals surface area contributed by atoms with Crippen molar-refractivity contribution in [2.45, 2.75) is 18.4 Å². The molecule has 2 aromatic carbocycles. The molecule has 0 fully saturated rings. The molecular formula is C16H19NO4S. The SMILES string of the molecule is CCOc1cc(CNS(=O)(=O)c2ccccc2)ccc1OC. The van der Waals surface area contributed by atoms with Crippen LogP contribution in [0.15, 0.2) is 53.4 Å². The third-order valence-electron chi connectivity index (χ3n) is 3.05. The molecular weight excluding hydrogens is 302 g/mol. The first-order valence-electron chi connectivity index (χ1n) is 6.91. The lowest BCUT2D eigenvalue weighted by Crippen LogP contribution is -2.23. The smallest absolute Gasteiger partial charge is 0.240 e. The molecule has 22 heavy (non-hydrogen) atoms. The van der Waals surface area contributed by atoms with Crippen LogP contribution in [0.2, 0.25) is 0 Å². The van der Waals surface area contributed by atoms with E-state index in [0.29, 0.717) is 18.1 Å². The van der Waals surface area contributed by atoms with Gasteiger partial charge in [0.15, 0.2) is 11.5 Å². The van der Waals surface area contributed by atoms with Crippen LogP contribution < -0.4 is 14.2 Å². The van der Waals surface area contributed by atoms with Gasteiger partial charge in [-0.1, -0.05) is 24.3 Å². The van der Waals surface area contributed by atoms with Crippen molar-refractivity contribution < 1.29 is 17.9 Å². The summed E-state index contributed by atoms with van der Waals surface area (Å²) in [6.45, 7) is 2.57. The third kappa shape index (κ3) is 3.99. The molecule has 0 aliphatic rings. The molecule has 0 spiro atoms. The first-order chi connectivity index (χ1) is 10.6. The van der Waals surface area contributed by atoms with E-state index in [2.05, 4.69) is 4.72 Å². The fourth-order valence-corrected chi connectivity index (χ4v) is 3.00. The highest BCUT2D eigenvalue weighted by Gasteiger charge is 2.13. The topological polar surface area (TPSA) is 64.6 Å². The molecule has 2 aromatic rings. The average molecular weight is 321 g/mol. The van der Waals surface area contributed by atoms with Crippen LogP contribution in [0.3, 0.4) is 0 Å². The normalized spacial score (nSPS) is 11.2. The van der Waals surface area contributed by atoms with E-state index in [1.54, 1.807) is 55.6 Å². The second-order valence-corrected chi connectivity index (χ2v) is 6.32. The molecule has 5 nitrogen and oxygen atoms in total. The lowest BCUT2D eigenvalue weighted by atomic mass is 10.2. The van der Waals surface area contributed by atoms with Crippen LogP contribution in [-0.4, -0.2) is 22.1 Å².